The number of nitrogens with zero attached hydrogens (tertiary/aromatic N) is 4. The Labute approximate surface area is 141 Å². The van der Waals surface area contributed by atoms with Crippen LogP contribution in [0.1, 0.15) is 42.6 Å². The van der Waals surface area contributed by atoms with Crippen molar-refractivity contribution in [1.82, 2.24) is 19.9 Å². The van der Waals surface area contributed by atoms with Crippen LogP contribution in [0.5, 0.6) is 0 Å². The van der Waals surface area contributed by atoms with Crippen LogP contribution in [-0.4, -0.2) is 38.4 Å². The molecule has 2 saturated heterocycles. The van der Waals surface area contributed by atoms with E-state index in [1.165, 1.54) is 32.1 Å². The summed E-state index contributed by atoms with van der Waals surface area (Å²) in [5.74, 6) is 2.43. The van der Waals surface area contributed by atoms with Crippen LogP contribution in [0.4, 0.5) is 0 Å². The fraction of sp³-hybridized carbons (Fsp3) is 0.526. The molecule has 6 rings (SSSR count). The van der Waals surface area contributed by atoms with Gasteiger partial charge in [0.2, 0.25) is 0 Å². The molecule has 2 aromatic rings. The summed E-state index contributed by atoms with van der Waals surface area (Å²) in [6.07, 6.45) is 8.00. The monoisotopic (exact) mass is 322 g/mol. The minimum Gasteiger partial charge on any atom is -0.334 e. The number of hydrogen-bond donors (Lipinski definition) is 0. The van der Waals surface area contributed by atoms with Crippen LogP contribution >= 0.6 is 0 Å². The van der Waals surface area contributed by atoms with Gasteiger partial charge in [0.25, 0.3) is 5.91 Å². The minimum absolute atomic E-state index is 0.0652. The number of carbonyl (C=O) groups is 1. The molecule has 1 aromatic carbocycles. The number of carbonyl (C=O) groups excluding carboxylic acids is 1. The molecule has 1 aromatic heterocycles. The molecule has 4 aliphatic rings. The van der Waals surface area contributed by atoms with E-state index in [1.807, 2.05) is 30.3 Å². The standard InChI is InChI=1S/C19H22N4O/c24-19(18-11-20-23(21-18)16-4-2-1-3-5-16)22-12-15-7-13-6-14(8-15)10-17(22)9-13/h1-5,11,13-15,17H,6-10,12H2. The zero-order chi connectivity index (χ0) is 16.1. The predicted octanol–water partition coefficient (Wildman–Crippen LogP) is 2.92. The number of aromatic nitrogens is 3. The quantitative estimate of drug-likeness (QED) is 0.854. The summed E-state index contributed by atoms with van der Waals surface area (Å²) in [7, 11) is 0. The molecule has 3 heterocycles. The van der Waals surface area contributed by atoms with Crippen LogP contribution in [0.3, 0.4) is 0 Å². The van der Waals surface area contributed by atoms with Crippen molar-refractivity contribution in [3.8, 4) is 5.69 Å². The van der Waals surface area contributed by atoms with Crippen molar-refractivity contribution in [2.75, 3.05) is 6.54 Å². The van der Waals surface area contributed by atoms with Gasteiger partial charge in [-0.25, -0.2) is 0 Å². The van der Waals surface area contributed by atoms with Crippen LogP contribution in [0.15, 0.2) is 36.5 Å². The van der Waals surface area contributed by atoms with Crippen LogP contribution in [0, 0.1) is 17.8 Å². The number of rotatable bonds is 2. The molecule has 24 heavy (non-hydrogen) atoms. The van der Waals surface area contributed by atoms with Gasteiger partial charge in [0.15, 0.2) is 5.69 Å². The molecular formula is C19H22N4O. The fourth-order valence-electron chi connectivity index (χ4n) is 5.23. The average molecular weight is 322 g/mol. The van der Waals surface area contributed by atoms with Crippen molar-refractivity contribution in [1.29, 1.82) is 0 Å². The smallest absolute Gasteiger partial charge is 0.276 e. The third-order valence-corrected chi connectivity index (χ3v) is 6.07. The Morgan fingerprint density at radius 1 is 0.958 bits per heavy atom. The third-order valence-electron chi connectivity index (χ3n) is 6.07. The first-order valence-corrected chi connectivity index (χ1v) is 9.05. The molecule has 124 valence electrons. The van der Waals surface area contributed by atoms with Crippen molar-refractivity contribution in [2.24, 2.45) is 17.8 Å². The molecule has 1 amide bonds. The molecular weight excluding hydrogens is 300 g/mol. The molecule has 2 unspecified atom stereocenters. The van der Waals surface area contributed by atoms with E-state index in [9.17, 15) is 4.79 Å². The Morgan fingerprint density at radius 2 is 1.67 bits per heavy atom. The van der Waals surface area contributed by atoms with Crippen molar-refractivity contribution < 1.29 is 4.79 Å². The highest BCUT2D eigenvalue weighted by molar-refractivity contribution is 5.92. The van der Waals surface area contributed by atoms with Crippen molar-refractivity contribution >= 4 is 5.91 Å². The maximum absolute atomic E-state index is 13.1. The summed E-state index contributed by atoms with van der Waals surface area (Å²) in [6, 6.07) is 10.2. The molecule has 4 fully saturated rings. The normalized spacial score (nSPS) is 31.2. The number of benzene rings is 1. The summed E-state index contributed by atoms with van der Waals surface area (Å²) < 4.78 is 0. The molecule has 5 nitrogen and oxygen atoms in total. The molecule has 2 saturated carbocycles. The third kappa shape index (κ3) is 2.34. The molecule has 2 atom stereocenters. The first-order chi connectivity index (χ1) is 11.8. The Balaban J connectivity index is 1.41. The number of para-hydroxylation sites is 1. The van der Waals surface area contributed by atoms with Crippen LogP contribution in [-0.2, 0) is 0 Å². The lowest BCUT2D eigenvalue weighted by Gasteiger charge is -2.38. The summed E-state index contributed by atoms with van der Waals surface area (Å²) in [5, 5.41) is 8.74. The molecule has 0 spiro atoms. The molecule has 2 aliphatic carbocycles. The molecule has 0 N–H and O–H groups in total. The zero-order valence-electron chi connectivity index (χ0n) is 13.7. The predicted molar refractivity (Wildman–Crippen MR) is 89.7 cm³/mol. The lowest BCUT2D eigenvalue weighted by Crippen LogP contribution is -2.42. The number of fused-ring (bicyclic) bond motifs is 1. The van der Waals surface area contributed by atoms with Gasteiger partial charge in [-0.15, -0.1) is 5.10 Å². The highest BCUT2D eigenvalue weighted by Crippen LogP contribution is 2.47. The van der Waals surface area contributed by atoms with Crippen LogP contribution in [0.2, 0.25) is 0 Å². The second kappa shape index (κ2) is 5.43. The SMILES string of the molecule is O=C(c1cnn(-c2ccccc2)n1)N1CC2CC3CC(C2)CC1C3. The van der Waals surface area contributed by atoms with Gasteiger partial charge in [-0.05, 0) is 62.0 Å². The van der Waals surface area contributed by atoms with Gasteiger partial charge < -0.3 is 4.90 Å². The number of amides is 1. The van der Waals surface area contributed by atoms with Crippen LogP contribution in [0.25, 0.3) is 5.69 Å². The zero-order valence-corrected chi connectivity index (χ0v) is 13.7. The van der Waals surface area contributed by atoms with E-state index in [0.717, 1.165) is 24.1 Å². The highest BCUT2D eigenvalue weighted by atomic mass is 16.2. The Kier molecular flexibility index (Phi) is 3.21. The summed E-state index contributed by atoms with van der Waals surface area (Å²) in [4.78, 5) is 16.7. The van der Waals surface area contributed by atoms with E-state index in [2.05, 4.69) is 15.1 Å². The fourth-order valence-corrected chi connectivity index (χ4v) is 5.23. The summed E-state index contributed by atoms with van der Waals surface area (Å²) in [6.45, 7) is 0.911. The van der Waals surface area contributed by atoms with E-state index in [0.29, 0.717) is 17.7 Å². The minimum atomic E-state index is 0.0652. The molecule has 2 aliphatic heterocycles. The van der Waals surface area contributed by atoms with Gasteiger partial charge in [0.1, 0.15) is 0 Å². The van der Waals surface area contributed by atoms with E-state index < -0.39 is 0 Å². The average Bonchev–Trinajstić information content (AvgIpc) is 3.01. The van der Waals surface area contributed by atoms with E-state index in [-0.39, 0.29) is 5.91 Å². The maximum atomic E-state index is 13.1. The maximum Gasteiger partial charge on any atom is 0.276 e. The Bertz CT molecular complexity index is 742. The van der Waals surface area contributed by atoms with Crippen LogP contribution < -0.4 is 0 Å². The lowest BCUT2D eigenvalue weighted by atomic mass is 9.68. The largest absolute Gasteiger partial charge is 0.334 e. The van der Waals surface area contributed by atoms with Gasteiger partial charge in [0, 0.05) is 12.6 Å². The van der Waals surface area contributed by atoms with Crippen molar-refractivity contribution in [3.05, 3.63) is 42.2 Å². The first-order valence-electron chi connectivity index (χ1n) is 9.05. The van der Waals surface area contributed by atoms with Gasteiger partial charge in [0.05, 0.1) is 11.9 Å². The van der Waals surface area contributed by atoms with E-state index in [4.69, 9.17) is 0 Å². The highest BCUT2D eigenvalue weighted by Gasteiger charge is 2.44. The Morgan fingerprint density at radius 3 is 2.42 bits per heavy atom. The lowest BCUT2D eigenvalue weighted by molar-refractivity contribution is 0.0626. The first kappa shape index (κ1) is 14.2. The van der Waals surface area contributed by atoms with Gasteiger partial charge in [-0.3, -0.25) is 4.79 Å². The second-order valence-corrected chi connectivity index (χ2v) is 7.74. The van der Waals surface area contributed by atoms with Gasteiger partial charge in [-0.1, -0.05) is 18.2 Å². The number of hydrogen-bond acceptors (Lipinski definition) is 3. The van der Waals surface area contributed by atoms with Gasteiger partial charge >= 0.3 is 0 Å². The van der Waals surface area contributed by atoms with Crippen molar-refractivity contribution in [2.45, 2.75) is 38.1 Å². The molecule has 4 bridgehead atoms. The Hall–Kier alpha value is -2.17. The van der Waals surface area contributed by atoms with E-state index >= 15 is 0 Å². The summed E-state index contributed by atoms with van der Waals surface area (Å²) in [5.41, 5.74) is 1.35. The summed E-state index contributed by atoms with van der Waals surface area (Å²) >= 11 is 0. The topological polar surface area (TPSA) is 51.0 Å². The second-order valence-electron chi connectivity index (χ2n) is 7.74. The van der Waals surface area contributed by atoms with Crippen molar-refractivity contribution in [3.63, 3.8) is 0 Å². The molecule has 5 heteroatoms. The van der Waals surface area contributed by atoms with E-state index in [1.54, 1.807) is 11.0 Å². The molecule has 0 radical (unpaired) electrons. The van der Waals surface area contributed by atoms with Gasteiger partial charge in [-0.2, -0.15) is 9.90 Å².